The Kier molecular flexibility index (Phi) is 2.39. The molecule has 1 aromatic rings. The van der Waals surface area contributed by atoms with Gasteiger partial charge < -0.3 is 10.3 Å². The number of rotatable bonds is 3. The molecule has 0 amide bonds. The number of halogens is 1. The van der Waals surface area contributed by atoms with E-state index in [9.17, 15) is 4.39 Å². The fourth-order valence-electron chi connectivity index (χ4n) is 0.678. The molecule has 1 unspecified atom stereocenters. The van der Waals surface area contributed by atoms with Crippen LogP contribution in [0.2, 0.25) is 0 Å². The van der Waals surface area contributed by atoms with Crippen LogP contribution in [0.4, 0.5) is 4.39 Å². The van der Waals surface area contributed by atoms with E-state index in [1.165, 1.54) is 12.3 Å². The molecule has 0 spiro atoms. The van der Waals surface area contributed by atoms with Gasteiger partial charge in [-0.1, -0.05) is 5.16 Å². The Morgan fingerprint density at radius 1 is 1.80 bits per heavy atom. The molecule has 0 fully saturated rings. The minimum absolute atomic E-state index is 0.298. The van der Waals surface area contributed by atoms with Gasteiger partial charge in [0, 0.05) is 6.07 Å². The third kappa shape index (κ3) is 1.54. The number of hydrogen-bond acceptors (Lipinski definition) is 3. The van der Waals surface area contributed by atoms with Gasteiger partial charge in [-0.25, -0.2) is 4.39 Å². The van der Waals surface area contributed by atoms with Crippen LogP contribution in [0, 0.1) is 0 Å². The summed E-state index contributed by atoms with van der Waals surface area (Å²) < 4.78 is 17.2. The van der Waals surface area contributed by atoms with Crippen molar-refractivity contribution in [3.05, 3.63) is 18.0 Å². The van der Waals surface area contributed by atoms with Crippen LogP contribution in [-0.2, 0) is 0 Å². The Hall–Kier alpha value is -0.900. The molecular formula is C6H9FN2O. The van der Waals surface area contributed by atoms with Gasteiger partial charge in [0.15, 0.2) is 0 Å². The molecule has 56 valence electrons. The summed E-state index contributed by atoms with van der Waals surface area (Å²) in [4.78, 5) is 0. The summed E-state index contributed by atoms with van der Waals surface area (Å²) in [6.07, 6.45) is 0.564. The van der Waals surface area contributed by atoms with E-state index in [1.807, 2.05) is 0 Å². The third-order valence-electron chi connectivity index (χ3n) is 1.20. The molecule has 1 rings (SSSR count). The van der Waals surface area contributed by atoms with E-state index in [0.29, 0.717) is 18.7 Å². The van der Waals surface area contributed by atoms with E-state index < -0.39 is 6.17 Å². The lowest BCUT2D eigenvalue weighted by Crippen LogP contribution is -2.03. The van der Waals surface area contributed by atoms with Crippen molar-refractivity contribution in [3.8, 4) is 0 Å². The highest BCUT2D eigenvalue weighted by atomic mass is 19.1. The Morgan fingerprint density at radius 2 is 2.60 bits per heavy atom. The minimum Gasteiger partial charge on any atom is -0.364 e. The predicted octanol–water partition coefficient (Wildman–Crippen LogP) is 1.03. The molecule has 10 heavy (non-hydrogen) atoms. The molecule has 0 aliphatic rings. The lowest BCUT2D eigenvalue weighted by atomic mass is 10.2. The first-order chi connectivity index (χ1) is 4.84. The summed E-state index contributed by atoms with van der Waals surface area (Å²) in [5, 5.41) is 3.43. The summed E-state index contributed by atoms with van der Waals surface area (Å²) in [5.74, 6) is 0. The second-order valence-electron chi connectivity index (χ2n) is 1.97. The molecule has 0 bridgehead atoms. The number of alkyl halides is 1. The van der Waals surface area contributed by atoms with E-state index in [2.05, 4.69) is 9.68 Å². The summed E-state index contributed by atoms with van der Waals surface area (Å²) in [6, 6.07) is 1.50. The number of aromatic nitrogens is 1. The zero-order chi connectivity index (χ0) is 7.40. The minimum atomic E-state index is -1.08. The first kappa shape index (κ1) is 7.21. The summed E-state index contributed by atoms with van der Waals surface area (Å²) in [6.45, 7) is 0.327. The fraction of sp³-hybridized carbons (Fsp3) is 0.500. The van der Waals surface area contributed by atoms with Crippen molar-refractivity contribution in [2.75, 3.05) is 6.54 Å². The van der Waals surface area contributed by atoms with E-state index in [4.69, 9.17) is 5.73 Å². The quantitative estimate of drug-likeness (QED) is 0.689. The topological polar surface area (TPSA) is 52.0 Å². The van der Waals surface area contributed by atoms with Crippen LogP contribution in [-0.4, -0.2) is 11.7 Å². The van der Waals surface area contributed by atoms with Gasteiger partial charge in [0.05, 0.1) is 0 Å². The van der Waals surface area contributed by atoms with Gasteiger partial charge >= 0.3 is 0 Å². The Bertz CT molecular complexity index is 176. The van der Waals surface area contributed by atoms with Gasteiger partial charge in [-0.15, -0.1) is 0 Å². The highest BCUT2D eigenvalue weighted by Gasteiger charge is 2.10. The van der Waals surface area contributed by atoms with Gasteiger partial charge in [0.1, 0.15) is 18.1 Å². The summed E-state index contributed by atoms with van der Waals surface area (Å²) in [5.41, 5.74) is 5.46. The average Bonchev–Trinajstić information content (AvgIpc) is 2.38. The summed E-state index contributed by atoms with van der Waals surface area (Å²) in [7, 11) is 0. The molecule has 0 aliphatic carbocycles. The van der Waals surface area contributed by atoms with Crippen LogP contribution >= 0.6 is 0 Å². The molecule has 0 aliphatic heterocycles. The molecule has 1 aromatic heterocycles. The van der Waals surface area contributed by atoms with Crippen LogP contribution in [0.5, 0.6) is 0 Å². The van der Waals surface area contributed by atoms with E-state index in [0.717, 1.165) is 0 Å². The van der Waals surface area contributed by atoms with E-state index in [-0.39, 0.29) is 0 Å². The molecule has 1 atom stereocenters. The lowest BCUT2D eigenvalue weighted by molar-refractivity contribution is 0.300. The maximum absolute atomic E-state index is 12.8. The largest absolute Gasteiger partial charge is 0.364 e. The Morgan fingerprint density at radius 3 is 3.10 bits per heavy atom. The van der Waals surface area contributed by atoms with Crippen molar-refractivity contribution in [3.63, 3.8) is 0 Å². The van der Waals surface area contributed by atoms with Crippen molar-refractivity contribution in [2.45, 2.75) is 12.6 Å². The van der Waals surface area contributed by atoms with Crippen molar-refractivity contribution < 1.29 is 8.91 Å². The average molecular weight is 144 g/mol. The van der Waals surface area contributed by atoms with Crippen molar-refractivity contribution in [2.24, 2.45) is 5.73 Å². The highest BCUT2D eigenvalue weighted by molar-refractivity contribution is 4.99. The lowest BCUT2D eigenvalue weighted by Gasteiger charge is -1.98. The molecular weight excluding hydrogens is 135 g/mol. The van der Waals surface area contributed by atoms with Gasteiger partial charge in [0.2, 0.25) is 0 Å². The SMILES string of the molecule is NCCC(F)c1ccon1. The molecule has 0 saturated carbocycles. The molecule has 0 saturated heterocycles. The van der Waals surface area contributed by atoms with Crippen molar-refractivity contribution in [1.82, 2.24) is 5.16 Å². The molecule has 1 heterocycles. The standard InChI is InChI=1S/C6H9FN2O/c7-5(1-3-8)6-2-4-10-9-6/h2,4-5H,1,3,8H2. The normalized spacial score (nSPS) is 13.4. The van der Waals surface area contributed by atoms with Crippen LogP contribution < -0.4 is 5.73 Å². The van der Waals surface area contributed by atoms with Gasteiger partial charge in [-0.05, 0) is 13.0 Å². The summed E-state index contributed by atoms with van der Waals surface area (Å²) >= 11 is 0. The van der Waals surface area contributed by atoms with Gasteiger partial charge in [-0.3, -0.25) is 0 Å². The zero-order valence-electron chi connectivity index (χ0n) is 5.46. The van der Waals surface area contributed by atoms with Gasteiger partial charge in [0.25, 0.3) is 0 Å². The molecule has 0 aromatic carbocycles. The molecule has 4 heteroatoms. The Balaban J connectivity index is 2.50. The first-order valence-corrected chi connectivity index (χ1v) is 3.09. The zero-order valence-corrected chi connectivity index (χ0v) is 5.46. The number of hydrogen-bond donors (Lipinski definition) is 1. The van der Waals surface area contributed by atoms with Crippen molar-refractivity contribution in [1.29, 1.82) is 0 Å². The van der Waals surface area contributed by atoms with Crippen LogP contribution in [0.25, 0.3) is 0 Å². The second-order valence-corrected chi connectivity index (χ2v) is 1.97. The maximum Gasteiger partial charge on any atom is 0.147 e. The third-order valence-corrected chi connectivity index (χ3v) is 1.20. The van der Waals surface area contributed by atoms with E-state index >= 15 is 0 Å². The maximum atomic E-state index is 12.8. The fourth-order valence-corrected chi connectivity index (χ4v) is 0.678. The van der Waals surface area contributed by atoms with Crippen LogP contribution in [0.1, 0.15) is 18.3 Å². The first-order valence-electron chi connectivity index (χ1n) is 3.09. The number of nitrogens with two attached hydrogens (primary N) is 1. The van der Waals surface area contributed by atoms with Crippen molar-refractivity contribution >= 4 is 0 Å². The van der Waals surface area contributed by atoms with E-state index in [1.54, 1.807) is 0 Å². The number of nitrogens with zero attached hydrogens (tertiary/aromatic N) is 1. The van der Waals surface area contributed by atoms with Crippen LogP contribution in [0.15, 0.2) is 16.9 Å². The second kappa shape index (κ2) is 3.31. The smallest absolute Gasteiger partial charge is 0.147 e. The highest BCUT2D eigenvalue weighted by Crippen LogP contribution is 2.17. The molecule has 3 nitrogen and oxygen atoms in total. The molecule has 2 N–H and O–H groups in total. The van der Waals surface area contributed by atoms with Crippen LogP contribution in [0.3, 0.4) is 0 Å². The Labute approximate surface area is 58.0 Å². The predicted molar refractivity (Wildman–Crippen MR) is 34.0 cm³/mol. The monoisotopic (exact) mass is 144 g/mol. The van der Waals surface area contributed by atoms with Gasteiger partial charge in [-0.2, -0.15) is 0 Å². The molecule has 0 radical (unpaired) electrons.